The summed E-state index contributed by atoms with van der Waals surface area (Å²) in [4.78, 5) is 16.2. The van der Waals surface area contributed by atoms with E-state index in [1.165, 1.54) is 12.3 Å². The smallest absolute Gasteiger partial charge is 0.238 e. The maximum Gasteiger partial charge on any atom is 0.238 e. The minimum absolute atomic E-state index is 0.107. The fourth-order valence-electron chi connectivity index (χ4n) is 2.71. The van der Waals surface area contributed by atoms with Gasteiger partial charge >= 0.3 is 0 Å². The number of nitrogens with one attached hydrogen (secondary N) is 1. The number of hydrogen-bond donors (Lipinski definition) is 2. The summed E-state index contributed by atoms with van der Waals surface area (Å²) < 4.78 is 24.1. The van der Waals surface area contributed by atoms with Crippen LogP contribution in [0.3, 0.4) is 0 Å². The molecule has 0 bridgehead atoms. The van der Waals surface area contributed by atoms with Crippen LogP contribution in [0.1, 0.15) is 11.1 Å². The summed E-state index contributed by atoms with van der Waals surface area (Å²) >= 11 is 5.78. The van der Waals surface area contributed by atoms with Crippen LogP contribution >= 0.6 is 11.6 Å². The van der Waals surface area contributed by atoms with Crippen LogP contribution in [0.4, 0.5) is 5.69 Å². The maximum atomic E-state index is 12.3. The van der Waals surface area contributed by atoms with E-state index in [9.17, 15) is 13.2 Å². The third-order valence-corrected chi connectivity index (χ3v) is 5.27. The van der Waals surface area contributed by atoms with Crippen molar-refractivity contribution in [3.8, 4) is 11.1 Å². The summed E-state index contributed by atoms with van der Waals surface area (Å²) in [7, 11) is -4.03. The Morgan fingerprint density at radius 2 is 1.82 bits per heavy atom. The van der Waals surface area contributed by atoms with E-state index in [0.29, 0.717) is 22.0 Å². The van der Waals surface area contributed by atoms with Crippen molar-refractivity contribution in [1.82, 2.24) is 4.98 Å². The zero-order chi connectivity index (χ0) is 20.3. The minimum atomic E-state index is -4.03. The third kappa shape index (κ3) is 4.95. The van der Waals surface area contributed by atoms with Gasteiger partial charge in [-0.05, 0) is 36.8 Å². The number of nitrogens with zero attached hydrogens (tertiary/aromatic N) is 1. The lowest BCUT2D eigenvalue weighted by molar-refractivity contribution is -0.115. The average Bonchev–Trinajstić information content (AvgIpc) is 2.64. The highest BCUT2D eigenvalue weighted by Crippen LogP contribution is 2.29. The molecule has 0 atom stereocenters. The highest BCUT2D eigenvalue weighted by molar-refractivity contribution is 7.89. The Kier molecular flexibility index (Phi) is 5.79. The van der Waals surface area contributed by atoms with Gasteiger partial charge in [0.25, 0.3) is 0 Å². The third-order valence-electron chi connectivity index (χ3n) is 4.10. The number of sulfonamides is 1. The fraction of sp³-hybridized carbons (Fsp3) is 0.100. The van der Waals surface area contributed by atoms with Gasteiger partial charge in [-0.1, -0.05) is 47.5 Å². The highest BCUT2D eigenvalue weighted by atomic mass is 35.5. The SMILES string of the molecule is Cc1ccc(CC(=O)Nc2ccc(-c3ccc(Cl)nc3)c(S(N)(=O)=O)c2)cc1. The van der Waals surface area contributed by atoms with E-state index in [2.05, 4.69) is 10.3 Å². The molecule has 6 nitrogen and oxygen atoms in total. The van der Waals surface area contributed by atoms with Gasteiger partial charge in [-0.25, -0.2) is 18.5 Å². The topological polar surface area (TPSA) is 102 Å². The lowest BCUT2D eigenvalue weighted by atomic mass is 10.1. The van der Waals surface area contributed by atoms with Crippen LogP contribution in [-0.4, -0.2) is 19.3 Å². The normalized spacial score (nSPS) is 11.2. The Balaban J connectivity index is 1.87. The molecule has 8 heteroatoms. The van der Waals surface area contributed by atoms with Gasteiger partial charge in [0.2, 0.25) is 15.9 Å². The van der Waals surface area contributed by atoms with Crippen molar-refractivity contribution in [1.29, 1.82) is 0 Å². The summed E-state index contributed by atoms with van der Waals surface area (Å²) in [6, 6.07) is 15.3. The minimum Gasteiger partial charge on any atom is -0.326 e. The number of aryl methyl sites for hydroxylation is 1. The Labute approximate surface area is 168 Å². The number of primary sulfonamides is 1. The zero-order valence-electron chi connectivity index (χ0n) is 15.0. The summed E-state index contributed by atoms with van der Waals surface area (Å²) in [5, 5.41) is 8.38. The van der Waals surface area contributed by atoms with E-state index in [0.717, 1.165) is 11.1 Å². The standard InChI is InChI=1S/C20H18ClN3O3S/c1-13-2-4-14(5-3-13)10-20(25)24-16-7-8-17(18(11-16)28(22,26)27)15-6-9-19(21)23-12-15/h2-9,11-12H,10H2,1H3,(H,24,25)(H2,22,26,27). The number of hydrogen-bond acceptors (Lipinski definition) is 4. The van der Waals surface area contributed by atoms with Crippen LogP contribution in [-0.2, 0) is 21.2 Å². The molecule has 0 aliphatic heterocycles. The van der Waals surface area contributed by atoms with E-state index >= 15 is 0 Å². The molecule has 0 spiro atoms. The number of carbonyl (C=O) groups excluding carboxylic acids is 1. The van der Waals surface area contributed by atoms with Gasteiger partial charge in [-0.15, -0.1) is 0 Å². The molecule has 0 aliphatic carbocycles. The number of pyridine rings is 1. The Bertz CT molecular complexity index is 1110. The van der Waals surface area contributed by atoms with Gasteiger partial charge < -0.3 is 5.32 Å². The van der Waals surface area contributed by atoms with E-state index < -0.39 is 10.0 Å². The van der Waals surface area contributed by atoms with Crippen molar-refractivity contribution in [3.63, 3.8) is 0 Å². The molecular formula is C20H18ClN3O3S. The van der Waals surface area contributed by atoms with E-state index in [1.807, 2.05) is 31.2 Å². The van der Waals surface area contributed by atoms with Gasteiger partial charge in [0.15, 0.2) is 0 Å². The Morgan fingerprint density at radius 3 is 2.43 bits per heavy atom. The number of anilines is 1. The van der Waals surface area contributed by atoms with Gasteiger partial charge in [-0.3, -0.25) is 4.79 Å². The van der Waals surface area contributed by atoms with Crippen molar-refractivity contribution in [2.45, 2.75) is 18.2 Å². The summed E-state index contributed by atoms with van der Waals surface area (Å²) in [6.45, 7) is 1.97. The number of halogens is 1. The van der Waals surface area contributed by atoms with Crippen LogP contribution in [0, 0.1) is 6.92 Å². The molecule has 3 rings (SSSR count). The molecule has 0 radical (unpaired) electrons. The molecule has 3 N–H and O–H groups in total. The first-order valence-electron chi connectivity index (χ1n) is 8.36. The highest BCUT2D eigenvalue weighted by Gasteiger charge is 2.17. The molecule has 2 aromatic carbocycles. The number of aromatic nitrogens is 1. The van der Waals surface area contributed by atoms with Crippen molar-refractivity contribution >= 4 is 33.2 Å². The number of nitrogens with two attached hydrogens (primary N) is 1. The quantitative estimate of drug-likeness (QED) is 0.622. The molecule has 1 heterocycles. The molecule has 0 saturated heterocycles. The zero-order valence-corrected chi connectivity index (χ0v) is 16.6. The predicted octanol–water partition coefficient (Wildman–Crippen LogP) is 3.54. The number of rotatable bonds is 5. The first-order valence-corrected chi connectivity index (χ1v) is 10.3. The van der Waals surface area contributed by atoms with E-state index in [-0.39, 0.29) is 17.2 Å². The van der Waals surface area contributed by atoms with Gasteiger partial charge in [0.1, 0.15) is 5.15 Å². The monoisotopic (exact) mass is 415 g/mol. The molecular weight excluding hydrogens is 398 g/mol. The molecule has 0 fully saturated rings. The predicted molar refractivity (Wildman–Crippen MR) is 110 cm³/mol. The second kappa shape index (κ2) is 8.10. The molecule has 144 valence electrons. The summed E-state index contributed by atoms with van der Waals surface area (Å²) in [5.41, 5.74) is 3.23. The van der Waals surface area contributed by atoms with Crippen LogP contribution in [0.25, 0.3) is 11.1 Å². The van der Waals surface area contributed by atoms with Crippen LogP contribution in [0.5, 0.6) is 0 Å². The van der Waals surface area contributed by atoms with Gasteiger partial charge in [0.05, 0.1) is 11.3 Å². The molecule has 1 aromatic heterocycles. The lowest BCUT2D eigenvalue weighted by Crippen LogP contribution is -2.17. The largest absolute Gasteiger partial charge is 0.326 e. The van der Waals surface area contributed by atoms with Gasteiger partial charge in [-0.2, -0.15) is 0 Å². The van der Waals surface area contributed by atoms with Gasteiger partial charge in [0, 0.05) is 23.0 Å². The van der Waals surface area contributed by atoms with Crippen LogP contribution in [0.15, 0.2) is 65.7 Å². The van der Waals surface area contributed by atoms with Crippen molar-refractivity contribution in [2.24, 2.45) is 5.14 Å². The second-order valence-electron chi connectivity index (χ2n) is 6.34. The van der Waals surface area contributed by atoms with Crippen molar-refractivity contribution < 1.29 is 13.2 Å². The van der Waals surface area contributed by atoms with E-state index in [1.54, 1.807) is 24.3 Å². The molecule has 1 amide bonds. The van der Waals surface area contributed by atoms with Crippen molar-refractivity contribution in [3.05, 3.63) is 77.1 Å². The summed E-state index contributed by atoms with van der Waals surface area (Å²) in [6.07, 6.45) is 1.63. The molecule has 0 aliphatic rings. The fourth-order valence-corrected chi connectivity index (χ4v) is 3.60. The van der Waals surface area contributed by atoms with Crippen molar-refractivity contribution in [2.75, 3.05) is 5.32 Å². The summed E-state index contributed by atoms with van der Waals surface area (Å²) in [5.74, 6) is -0.259. The number of amides is 1. The molecule has 28 heavy (non-hydrogen) atoms. The Morgan fingerprint density at radius 1 is 1.11 bits per heavy atom. The first kappa shape index (κ1) is 20.0. The number of benzene rings is 2. The van der Waals surface area contributed by atoms with E-state index in [4.69, 9.17) is 16.7 Å². The average molecular weight is 416 g/mol. The molecule has 0 saturated carbocycles. The van der Waals surface area contributed by atoms with Crippen LogP contribution in [0.2, 0.25) is 5.15 Å². The molecule has 0 unspecified atom stereocenters. The first-order chi connectivity index (χ1) is 13.2. The maximum absolute atomic E-state index is 12.3. The lowest BCUT2D eigenvalue weighted by Gasteiger charge is -2.12. The second-order valence-corrected chi connectivity index (χ2v) is 8.25. The van der Waals surface area contributed by atoms with Crippen LogP contribution < -0.4 is 10.5 Å². The Hall–Kier alpha value is -2.74. The number of carbonyl (C=O) groups is 1. The molecule has 3 aromatic rings.